The summed E-state index contributed by atoms with van der Waals surface area (Å²) < 4.78 is 0. The summed E-state index contributed by atoms with van der Waals surface area (Å²) in [7, 11) is 1.96. The minimum atomic E-state index is 0.0796. The summed E-state index contributed by atoms with van der Waals surface area (Å²) in [6, 6.07) is 8.33. The predicted molar refractivity (Wildman–Crippen MR) is 129 cm³/mol. The third-order valence-electron chi connectivity index (χ3n) is 7.69. The maximum atomic E-state index is 13.2. The van der Waals surface area contributed by atoms with E-state index in [1.807, 2.05) is 31.0 Å². The summed E-state index contributed by atoms with van der Waals surface area (Å²) in [4.78, 5) is 28.1. The lowest BCUT2D eigenvalue weighted by Gasteiger charge is -2.48. The molecule has 32 heavy (non-hydrogen) atoms. The zero-order chi connectivity index (χ0) is 22.0. The van der Waals surface area contributed by atoms with Gasteiger partial charge in [-0.05, 0) is 80.3 Å². The number of carbonyl (C=O) groups excluding carboxylic acids is 1. The molecule has 1 aromatic carbocycles. The first kappa shape index (κ1) is 20.6. The van der Waals surface area contributed by atoms with E-state index in [-0.39, 0.29) is 5.91 Å². The largest absolute Gasteiger partial charge is 0.337 e. The molecule has 1 saturated carbocycles. The second-order valence-electron chi connectivity index (χ2n) is 9.60. The molecule has 3 aliphatic heterocycles. The molecule has 0 spiro atoms. The van der Waals surface area contributed by atoms with Gasteiger partial charge in [0.25, 0.3) is 5.91 Å². The van der Waals surface area contributed by atoms with Crippen molar-refractivity contribution in [2.45, 2.75) is 44.1 Å². The Bertz CT molecular complexity index is 1200. The van der Waals surface area contributed by atoms with Crippen LogP contribution in [0.2, 0.25) is 5.02 Å². The van der Waals surface area contributed by atoms with Crippen LogP contribution in [0.5, 0.6) is 0 Å². The number of amides is 1. The van der Waals surface area contributed by atoms with Gasteiger partial charge in [-0.25, -0.2) is 9.97 Å². The molecule has 3 saturated heterocycles. The van der Waals surface area contributed by atoms with Gasteiger partial charge in [0.2, 0.25) is 0 Å². The third-order valence-corrected chi connectivity index (χ3v) is 8.83. The van der Waals surface area contributed by atoms with Gasteiger partial charge in [-0.15, -0.1) is 11.3 Å². The van der Waals surface area contributed by atoms with Crippen LogP contribution in [-0.2, 0) is 0 Å². The fraction of sp³-hybridized carbons (Fsp3) is 0.480. The Balaban J connectivity index is 1.21. The summed E-state index contributed by atoms with van der Waals surface area (Å²) in [5.74, 6) is 2.24. The van der Waals surface area contributed by atoms with Crippen molar-refractivity contribution in [1.29, 1.82) is 0 Å². The number of piperidine rings is 3. The number of fused-ring (bicyclic) bond motifs is 4. The van der Waals surface area contributed by atoms with E-state index in [2.05, 4.69) is 27.4 Å². The number of nitrogens with zero attached hydrogens (tertiary/aromatic N) is 4. The van der Waals surface area contributed by atoms with Crippen LogP contribution in [0.3, 0.4) is 0 Å². The van der Waals surface area contributed by atoms with E-state index in [4.69, 9.17) is 16.6 Å². The highest BCUT2D eigenvalue weighted by atomic mass is 35.5. The van der Waals surface area contributed by atoms with Gasteiger partial charge in [-0.2, -0.15) is 0 Å². The summed E-state index contributed by atoms with van der Waals surface area (Å²) in [6.07, 6.45) is 3.43. The number of thiophene rings is 1. The normalized spacial score (nSPS) is 28.8. The van der Waals surface area contributed by atoms with Gasteiger partial charge in [0.1, 0.15) is 10.7 Å². The monoisotopic (exact) mass is 466 g/mol. The molecule has 5 nitrogen and oxygen atoms in total. The Hall–Kier alpha value is -2.02. The Morgan fingerprint density at radius 1 is 1.19 bits per heavy atom. The molecule has 2 bridgehead atoms. The molecular formula is C25H27ClN4OS. The molecule has 2 unspecified atom stereocenters. The zero-order valence-corrected chi connectivity index (χ0v) is 20.0. The molecule has 166 valence electrons. The Kier molecular flexibility index (Phi) is 5.01. The first-order valence-corrected chi connectivity index (χ1v) is 12.8. The number of hydrogen-bond acceptors (Lipinski definition) is 5. The number of aryl methyl sites for hydroxylation is 1. The molecular weight excluding hydrogens is 440 g/mol. The van der Waals surface area contributed by atoms with E-state index < -0.39 is 0 Å². The van der Waals surface area contributed by atoms with Gasteiger partial charge in [-0.1, -0.05) is 17.7 Å². The number of rotatable bonds is 4. The number of hydrogen-bond donors (Lipinski definition) is 0. The minimum Gasteiger partial charge on any atom is -0.337 e. The van der Waals surface area contributed by atoms with E-state index in [1.165, 1.54) is 25.9 Å². The predicted octanol–water partition coefficient (Wildman–Crippen LogP) is 5.09. The fourth-order valence-electron chi connectivity index (χ4n) is 5.80. The summed E-state index contributed by atoms with van der Waals surface area (Å²) in [5.41, 5.74) is 2.95. The summed E-state index contributed by atoms with van der Waals surface area (Å²) in [5, 5.41) is 3.94. The van der Waals surface area contributed by atoms with Crippen molar-refractivity contribution in [3.8, 4) is 0 Å². The average Bonchev–Trinajstić information content (AvgIpc) is 3.46. The average molecular weight is 467 g/mol. The van der Waals surface area contributed by atoms with E-state index in [9.17, 15) is 4.79 Å². The first-order valence-electron chi connectivity index (χ1n) is 11.5. The van der Waals surface area contributed by atoms with Crippen LogP contribution < -0.4 is 0 Å². The molecule has 0 N–H and O–H groups in total. The molecule has 7 rings (SSSR count). The Morgan fingerprint density at radius 3 is 2.72 bits per heavy atom. The van der Waals surface area contributed by atoms with Crippen LogP contribution in [0.1, 0.15) is 58.5 Å². The molecule has 0 radical (unpaired) electrons. The quantitative estimate of drug-likeness (QED) is 0.537. The smallest absolute Gasteiger partial charge is 0.253 e. The van der Waals surface area contributed by atoms with Crippen LogP contribution in [0.15, 0.2) is 29.6 Å². The zero-order valence-electron chi connectivity index (χ0n) is 18.4. The molecule has 4 aliphatic rings. The van der Waals surface area contributed by atoms with Gasteiger partial charge >= 0.3 is 0 Å². The Labute approximate surface area is 197 Å². The molecule has 4 fully saturated rings. The lowest BCUT2D eigenvalue weighted by molar-refractivity contribution is 0.0162. The standard InChI is InChI=1S/C25H27ClN4OS/c1-14-27-23(18-7-10-32-24(18)28-14)20-12-19(20)17-4-3-16(11-21(17)26)25(31)29(2)22-13-30-8-5-15(22)6-9-30/h3-4,7,10-11,15,19-20,22H,5-6,8-9,12-13H2,1-2H3/t19?,20?,22-/m0/s1. The maximum absolute atomic E-state index is 13.2. The van der Waals surface area contributed by atoms with Crippen LogP contribution in [-0.4, -0.2) is 58.4 Å². The van der Waals surface area contributed by atoms with Gasteiger partial charge in [0.15, 0.2) is 0 Å². The molecule has 3 atom stereocenters. The number of benzene rings is 1. The summed E-state index contributed by atoms with van der Waals surface area (Å²) in [6.45, 7) is 5.31. The molecule has 5 heterocycles. The van der Waals surface area contributed by atoms with Crippen molar-refractivity contribution in [2.24, 2.45) is 5.92 Å². The highest BCUT2D eigenvalue weighted by Gasteiger charge is 2.43. The minimum absolute atomic E-state index is 0.0796. The SMILES string of the molecule is Cc1nc(C2CC2c2ccc(C(=O)N(C)[C@H]3CN4CCC3CC4)cc2Cl)c2ccsc2n1. The number of aromatic nitrogens is 2. The van der Waals surface area contributed by atoms with Gasteiger partial charge < -0.3 is 9.80 Å². The number of halogens is 1. The molecule has 1 amide bonds. The van der Waals surface area contributed by atoms with Crippen molar-refractivity contribution < 1.29 is 4.79 Å². The fourth-order valence-corrected chi connectivity index (χ4v) is 6.94. The lowest BCUT2D eigenvalue weighted by Crippen LogP contribution is -2.57. The summed E-state index contributed by atoms with van der Waals surface area (Å²) >= 11 is 8.40. The Morgan fingerprint density at radius 2 is 2.00 bits per heavy atom. The van der Waals surface area contributed by atoms with Crippen LogP contribution in [0, 0.1) is 12.8 Å². The molecule has 2 aromatic heterocycles. The van der Waals surface area contributed by atoms with Gasteiger partial charge in [0.05, 0.1) is 5.69 Å². The van der Waals surface area contributed by atoms with E-state index in [0.29, 0.717) is 34.4 Å². The van der Waals surface area contributed by atoms with Gasteiger partial charge in [0, 0.05) is 41.5 Å². The highest BCUT2D eigenvalue weighted by molar-refractivity contribution is 7.16. The van der Waals surface area contributed by atoms with Crippen molar-refractivity contribution in [3.63, 3.8) is 0 Å². The number of carbonyl (C=O) groups is 1. The number of likely N-dealkylation sites (N-methyl/N-ethyl adjacent to an activating group) is 1. The second-order valence-corrected chi connectivity index (χ2v) is 10.9. The van der Waals surface area contributed by atoms with E-state index in [1.54, 1.807) is 11.3 Å². The maximum Gasteiger partial charge on any atom is 0.253 e. The van der Waals surface area contributed by atoms with Crippen LogP contribution in [0.25, 0.3) is 10.2 Å². The van der Waals surface area contributed by atoms with E-state index >= 15 is 0 Å². The first-order chi connectivity index (χ1) is 15.5. The van der Waals surface area contributed by atoms with Crippen LogP contribution in [0.4, 0.5) is 0 Å². The molecule has 1 aliphatic carbocycles. The van der Waals surface area contributed by atoms with Gasteiger partial charge in [-0.3, -0.25) is 4.79 Å². The molecule has 7 heteroatoms. The van der Waals surface area contributed by atoms with Crippen molar-refractivity contribution >= 4 is 39.1 Å². The van der Waals surface area contributed by atoms with E-state index in [0.717, 1.165) is 40.3 Å². The second kappa shape index (κ2) is 7.79. The topological polar surface area (TPSA) is 49.3 Å². The molecule has 3 aromatic rings. The van der Waals surface area contributed by atoms with Crippen molar-refractivity contribution in [1.82, 2.24) is 19.8 Å². The van der Waals surface area contributed by atoms with Crippen molar-refractivity contribution in [3.05, 3.63) is 57.3 Å². The third kappa shape index (κ3) is 3.44. The highest BCUT2D eigenvalue weighted by Crippen LogP contribution is 2.57. The van der Waals surface area contributed by atoms with Crippen LogP contribution >= 0.6 is 22.9 Å². The lowest BCUT2D eigenvalue weighted by atomic mass is 9.83. The van der Waals surface area contributed by atoms with Crippen molar-refractivity contribution in [2.75, 3.05) is 26.7 Å².